The molecule has 1 aliphatic heterocycles. The normalized spacial score (nSPS) is 16.4. The van der Waals surface area contributed by atoms with Gasteiger partial charge in [0.2, 0.25) is 5.78 Å². The number of nitrogens with zero attached hydrogens (tertiary/aromatic N) is 2. The van der Waals surface area contributed by atoms with Crippen LogP contribution >= 0.6 is 45.5 Å². The molecule has 1 atom stereocenters. The first-order valence-electron chi connectivity index (χ1n) is 9.53. The van der Waals surface area contributed by atoms with Crippen LogP contribution < -0.4 is 4.90 Å². The lowest BCUT2D eigenvalue weighted by molar-refractivity contribution is -0.117. The fraction of sp³-hybridized carbons (Fsp3) is 0.0870. The maximum atomic E-state index is 13.3. The predicted molar refractivity (Wildman–Crippen MR) is 131 cm³/mol. The van der Waals surface area contributed by atoms with Crippen LogP contribution in [-0.2, 0) is 4.79 Å². The van der Waals surface area contributed by atoms with Gasteiger partial charge in [-0.3, -0.25) is 14.5 Å². The molecule has 0 spiro atoms. The molecule has 0 radical (unpaired) electrons. The molecule has 0 saturated carbocycles. The van der Waals surface area contributed by atoms with Crippen LogP contribution in [0, 0.1) is 10.5 Å². The van der Waals surface area contributed by atoms with E-state index in [0.717, 1.165) is 8.27 Å². The molecule has 2 aromatic carbocycles. The first-order valence-corrected chi connectivity index (χ1v) is 11.8. The van der Waals surface area contributed by atoms with E-state index >= 15 is 0 Å². The number of fused-ring (bicyclic) bond motifs is 1. The van der Waals surface area contributed by atoms with Gasteiger partial charge in [-0.1, -0.05) is 35.1 Å². The summed E-state index contributed by atoms with van der Waals surface area (Å²) in [6.45, 7) is 1.72. The number of carbonyl (C=O) groups excluding carboxylic acids is 2. The number of benzene rings is 2. The zero-order chi connectivity index (χ0) is 22.6. The molecule has 0 saturated heterocycles. The minimum Gasteiger partial charge on any atom is -0.503 e. The number of Topliss-reactive ketones (excluding diaryl/α,β-unsaturated/α-hetero) is 1. The van der Waals surface area contributed by atoms with Gasteiger partial charge in [-0.05, 0) is 77.5 Å². The smallest absolute Gasteiger partial charge is 0.296 e. The molecule has 1 N–H and O–H groups in total. The molecule has 32 heavy (non-hydrogen) atoms. The molecule has 0 aliphatic carbocycles. The van der Waals surface area contributed by atoms with E-state index in [-0.39, 0.29) is 11.3 Å². The summed E-state index contributed by atoms with van der Waals surface area (Å²) in [5.74, 6) is -1.22. The molecule has 5 rings (SSSR count). The number of halogens is 2. The van der Waals surface area contributed by atoms with E-state index in [1.54, 1.807) is 31.2 Å². The molecule has 3 heterocycles. The highest BCUT2D eigenvalue weighted by Crippen LogP contribution is 2.44. The number of amides is 1. The third-order valence-corrected chi connectivity index (χ3v) is 7.12. The van der Waals surface area contributed by atoms with Crippen LogP contribution in [0.2, 0.25) is 5.02 Å². The second kappa shape index (κ2) is 8.02. The van der Waals surface area contributed by atoms with Crippen LogP contribution in [0.4, 0.5) is 5.13 Å². The van der Waals surface area contributed by atoms with Gasteiger partial charge in [0.25, 0.3) is 5.91 Å². The van der Waals surface area contributed by atoms with Crippen molar-refractivity contribution in [3.63, 3.8) is 0 Å². The van der Waals surface area contributed by atoms with Gasteiger partial charge < -0.3 is 9.52 Å². The Balaban J connectivity index is 1.68. The van der Waals surface area contributed by atoms with Crippen molar-refractivity contribution in [3.05, 3.63) is 91.6 Å². The van der Waals surface area contributed by atoms with E-state index < -0.39 is 23.5 Å². The SMILES string of the molecule is Cc1ccc(C(=O)C2=C(O)C(=O)N(c3nc4ccc(Cl)cc4s3)C2c2ccc(I)cc2)o1. The third kappa shape index (κ3) is 3.52. The summed E-state index contributed by atoms with van der Waals surface area (Å²) in [6, 6.07) is 15.0. The van der Waals surface area contributed by atoms with Gasteiger partial charge in [-0.2, -0.15) is 0 Å². The van der Waals surface area contributed by atoms with Crippen molar-refractivity contribution in [1.29, 1.82) is 0 Å². The maximum absolute atomic E-state index is 13.3. The summed E-state index contributed by atoms with van der Waals surface area (Å²) in [6.07, 6.45) is 0. The largest absolute Gasteiger partial charge is 0.503 e. The number of anilines is 1. The number of carbonyl (C=O) groups is 2. The van der Waals surface area contributed by atoms with E-state index in [0.29, 0.717) is 27.0 Å². The Morgan fingerprint density at radius 2 is 1.94 bits per heavy atom. The molecule has 1 amide bonds. The number of hydrogen-bond acceptors (Lipinski definition) is 6. The highest BCUT2D eigenvalue weighted by Gasteiger charge is 2.46. The van der Waals surface area contributed by atoms with Crippen LogP contribution in [0.5, 0.6) is 0 Å². The average Bonchev–Trinajstić information content (AvgIpc) is 3.44. The van der Waals surface area contributed by atoms with Gasteiger partial charge in [0, 0.05) is 8.59 Å². The monoisotopic (exact) mass is 576 g/mol. The predicted octanol–water partition coefficient (Wildman–Crippen LogP) is 6.24. The summed E-state index contributed by atoms with van der Waals surface area (Å²) in [7, 11) is 0. The zero-order valence-electron chi connectivity index (χ0n) is 16.5. The Kier molecular flexibility index (Phi) is 5.31. The van der Waals surface area contributed by atoms with E-state index in [4.69, 9.17) is 16.0 Å². The third-order valence-electron chi connectivity index (χ3n) is 5.15. The number of aromatic nitrogens is 1. The second-order valence-electron chi connectivity index (χ2n) is 7.24. The van der Waals surface area contributed by atoms with E-state index in [9.17, 15) is 14.7 Å². The van der Waals surface area contributed by atoms with E-state index in [1.165, 1.54) is 22.3 Å². The first-order chi connectivity index (χ1) is 15.3. The summed E-state index contributed by atoms with van der Waals surface area (Å²) >= 11 is 9.55. The van der Waals surface area contributed by atoms with Gasteiger partial charge in [-0.25, -0.2) is 4.98 Å². The number of hydrogen-bond donors (Lipinski definition) is 1. The molecule has 2 aromatic heterocycles. The fourth-order valence-electron chi connectivity index (χ4n) is 3.67. The summed E-state index contributed by atoms with van der Waals surface area (Å²) in [5, 5.41) is 11.7. The lowest BCUT2D eigenvalue weighted by atomic mass is 9.95. The van der Waals surface area contributed by atoms with Gasteiger partial charge in [-0.15, -0.1) is 0 Å². The molecule has 9 heteroatoms. The van der Waals surface area contributed by atoms with Crippen LogP contribution in [0.1, 0.15) is 27.9 Å². The highest BCUT2D eigenvalue weighted by molar-refractivity contribution is 14.1. The quantitative estimate of drug-likeness (QED) is 0.230. The molecular formula is C23H14ClIN2O4S. The molecule has 4 aromatic rings. The summed E-state index contributed by atoms with van der Waals surface area (Å²) < 4.78 is 7.29. The minimum absolute atomic E-state index is 0.0390. The second-order valence-corrected chi connectivity index (χ2v) is 9.93. The Labute approximate surface area is 205 Å². The van der Waals surface area contributed by atoms with Crippen molar-refractivity contribution in [2.75, 3.05) is 4.90 Å². The zero-order valence-corrected chi connectivity index (χ0v) is 20.2. The van der Waals surface area contributed by atoms with Crippen LogP contribution in [0.25, 0.3) is 10.2 Å². The highest BCUT2D eigenvalue weighted by atomic mass is 127. The number of thiazole rings is 1. The van der Waals surface area contributed by atoms with Crippen molar-refractivity contribution in [2.24, 2.45) is 0 Å². The molecule has 0 fully saturated rings. The van der Waals surface area contributed by atoms with Crippen molar-refractivity contribution >= 4 is 72.6 Å². The molecule has 0 bridgehead atoms. The fourth-order valence-corrected chi connectivity index (χ4v) is 5.30. The molecule has 1 aliphatic rings. The van der Waals surface area contributed by atoms with Crippen molar-refractivity contribution < 1.29 is 19.1 Å². The Morgan fingerprint density at radius 1 is 1.19 bits per heavy atom. The summed E-state index contributed by atoms with van der Waals surface area (Å²) in [4.78, 5) is 32.5. The maximum Gasteiger partial charge on any atom is 0.296 e. The van der Waals surface area contributed by atoms with E-state index in [1.807, 2.05) is 24.3 Å². The number of aliphatic hydroxyl groups excluding tert-OH is 1. The molecule has 1 unspecified atom stereocenters. The van der Waals surface area contributed by atoms with Gasteiger partial charge in [0.1, 0.15) is 5.76 Å². The topological polar surface area (TPSA) is 83.6 Å². The van der Waals surface area contributed by atoms with Crippen molar-refractivity contribution in [3.8, 4) is 0 Å². The average molecular weight is 577 g/mol. The lowest BCUT2D eigenvalue weighted by Gasteiger charge is -2.24. The number of ketones is 1. The van der Waals surface area contributed by atoms with Crippen LogP contribution in [0.15, 0.2) is 70.3 Å². The number of aliphatic hydroxyl groups is 1. The molecule has 6 nitrogen and oxygen atoms in total. The lowest BCUT2D eigenvalue weighted by Crippen LogP contribution is -2.30. The number of furan rings is 1. The Morgan fingerprint density at radius 3 is 2.62 bits per heavy atom. The Bertz CT molecular complexity index is 1420. The minimum atomic E-state index is -0.853. The van der Waals surface area contributed by atoms with Crippen molar-refractivity contribution in [2.45, 2.75) is 13.0 Å². The van der Waals surface area contributed by atoms with Crippen molar-refractivity contribution in [1.82, 2.24) is 4.98 Å². The molecular weight excluding hydrogens is 563 g/mol. The van der Waals surface area contributed by atoms with Gasteiger partial charge >= 0.3 is 0 Å². The van der Waals surface area contributed by atoms with Crippen LogP contribution in [0.3, 0.4) is 0 Å². The van der Waals surface area contributed by atoms with Gasteiger partial charge in [0.05, 0.1) is 21.8 Å². The van der Waals surface area contributed by atoms with Gasteiger partial charge in [0.15, 0.2) is 16.7 Å². The standard InChI is InChI=1S/C23H14ClIN2O4S/c1-11-2-9-16(31-11)20(28)18-19(12-3-6-14(25)7-4-12)27(22(30)21(18)29)23-26-15-8-5-13(24)10-17(15)32-23/h2-10,19,29H,1H3. The number of aryl methyl sites for hydroxylation is 1. The van der Waals surface area contributed by atoms with Crippen LogP contribution in [-0.4, -0.2) is 21.8 Å². The first kappa shape index (κ1) is 21.2. The Hall–Kier alpha value is -2.69. The summed E-state index contributed by atoms with van der Waals surface area (Å²) in [5.41, 5.74) is 1.30. The van der Waals surface area contributed by atoms with E-state index in [2.05, 4.69) is 27.6 Å². The number of rotatable bonds is 4. The molecule has 160 valence electrons.